The summed E-state index contributed by atoms with van der Waals surface area (Å²) >= 11 is 0. The molecule has 0 spiro atoms. The molecule has 0 aromatic heterocycles. The van der Waals surface area contributed by atoms with E-state index < -0.39 is 0 Å². The molecule has 0 aromatic carbocycles. The van der Waals surface area contributed by atoms with Gasteiger partial charge in [-0.25, -0.2) is 4.79 Å². The lowest BCUT2D eigenvalue weighted by molar-refractivity contribution is 0.131. The molecule has 1 aliphatic heterocycles. The first-order chi connectivity index (χ1) is 8.29. The molecule has 0 atom stereocenters. The molecule has 4 nitrogen and oxygen atoms in total. The van der Waals surface area contributed by atoms with E-state index in [4.69, 9.17) is 4.74 Å². The Morgan fingerprint density at radius 1 is 1.35 bits per heavy atom. The van der Waals surface area contributed by atoms with Gasteiger partial charge in [0.05, 0.1) is 6.61 Å². The summed E-state index contributed by atoms with van der Waals surface area (Å²) < 4.78 is 5.03. The lowest BCUT2D eigenvalue weighted by atomic mass is 10.2. The van der Waals surface area contributed by atoms with Gasteiger partial charge in [0.25, 0.3) is 0 Å². The van der Waals surface area contributed by atoms with Crippen LogP contribution < -0.4 is 0 Å². The van der Waals surface area contributed by atoms with Gasteiger partial charge in [0.2, 0.25) is 0 Å². The van der Waals surface area contributed by atoms with Crippen LogP contribution in [0.3, 0.4) is 0 Å². The van der Waals surface area contributed by atoms with Crippen molar-refractivity contribution in [3.8, 4) is 0 Å². The molecular formula is C13H24N2O2. The molecule has 1 saturated heterocycles. The Morgan fingerprint density at radius 3 is 2.53 bits per heavy atom. The van der Waals surface area contributed by atoms with Crippen LogP contribution in [-0.2, 0) is 4.74 Å². The van der Waals surface area contributed by atoms with Crippen molar-refractivity contribution in [1.29, 1.82) is 0 Å². The summed E-state index contributed by atoms with van der Waals surface area (Å²) in [6, 6.07) is 0.129. The zero-order chi connectivity index (χ0) is 12.5. The molecule has 0 aromatic rings. The number of ether oxygens (including phenoxy) is 1. The monoisotopic (exact) mass is 240 g/mol. The van der Waals surface area contributed by atoms with Gasteiger partial charge in [-0.05, 0) is 12.8 Å². The fourth-order valence-corrected chi connectivity index (χ4v) is 2.08. The number of nitrogens with zero attached hydrogens (tertiary/aromatic N) is 2. The average Bonchev–Trinajstić information content (AvgIpc) is 2.62. The van der Waals surface area contributed by atoms with Crippen LogP contribution in [0.4, 0.5) is 4.79 Å². The molecule has 0 N–H and O–H groups in total. The number of carbonyl (C=O) groups excluding carboxylic acids is 1. The predicted molar refractivity (Wildman–Crippen MR) is 69.1 cm³/mol. The number of hydrogen-bond donors (Lipinski definition) is 0. The Hall–Kier alpha value is -1.03. The van der Waals surface area contributed by atoms with Gasteiger partial charge in [0, 0.05) is 33.3 Å². The molecule has 0 radical (unpaired) electrons. The van der Waals surface area contributed by atoms with Gasteiger partial charge in [-0.2, -0.15) is 0 Å². The molecule has 1 fully saturated rings. The largest absolute Gasteiger partial charge is 0.383 e. The number of urea groups is 1. The van der Waals surface area contributed by atoms with E-state index in [0.29, 0.717) is 19.7 Å². The number of likely N-dealkylation sites (tertiary alicyclic amines) is 1. The Kier molecular flexibility index (Phi) is 6.70. The fourth-order valence-electron chi connectivity index (χ4n) is 2.08. The molecule has 98 valence electrons. The minimum Gasteiger partial charge on any atom is -0.383 e. The van der Waals surface area contributed by atoms with Gasteiger partial charge in [0.1, 0.15) is 0 Å². The minimum absolute atomic E-state index is 0.129. The summed E-state index contributed by atoms with van der Waals surface area (Å²) in [6.07, 6.45) is 6.49. The predicted octanol–water partition coefficient (Wildman–Crippen LogP) is 2.12. The molecular weight excluding hydrogens is 216 g/mol. The van der Waals surface area contributed by atoms with E-state index in [-0.39, 0.29) is 6.03 Å². The molecule has 0 unspecified atom stereocenters. The summed E-state index contributed by atoms with van der Waals surface area (Å²) in [4.78, 5) is 16.1. The van der Waals surface area contributed by atoms with E-state index in [9.17, 15) is 4.79 Å². The van der Waals surface area contributed by atoms with Gasteiger partial charge in [-0.3, -0.25) is 0 Å². The van der Waals surface area contributed by atoms with E-state index in [0.717, 1.165) is 25.9 Å². The molecule has 0 aliphatic carbocycles. The number of hydrogen-bond acceptors (Lipinski definition) is 2. The second-order valence-electron chi connectivity index (χ2n) is 4.41. The zero-order valence-corrected chi connectivity index (χ0v) is 10.9. The topological polar surface area (TPSA) is 32.8 Å². The smallest absolute Gasteiger partial charge is 0.320 e. The van der Waals surface area contributed by atoms with Gasteiger partial charge in [-0.1, -0.05) is 18.9 Å². The normalized spacial score (nSPS) is 16.4. The molecule has 1 rings (SSSR count). The lowest BCUT2D eigenvalue weighted by Gasteiger charge is -2.29. The Labute approximate surface area is 104 Å². The zero-order valence-electron chi connectivity index (χ0n) is 10.9. The van der Waals surface area contributed by atoms with Crippen LogP contribution in [0, 0.1) is 0 Å². The van der Waals surface area contributed by atoms with E-state index in [1.165, 1.54) is 12.8 Å². The SMILES string of the molecule is C=CCN(CCOC)C(=O)N1CCCCCC1. The first-order valence-electron chi connectivity index (χ1n) is 6.43. The third kappa shape index (κ3) is 4.77. The van der Waals surface area contributed by atoms with Crippen molar-refractivity contribution in [3.63, 3.8) is 0 Å². The van der Waals surface area contributed by atoms with Gasteiger partial charge >= 0.3 is 6.03 Å². The van der Waals surface area contributed by atoms with Crippen LogP contribution in [0.1, 0.15) is 25.7 Å². The van der Waals surface area contributed by atoms with E-state index in [2.05, 4.69) is 6.58 Å². The highest BCUT2D eigenvalue weighted by Crippen LogP contribution is 2.11. The van der Waals surface area contributed by atoms with Gasteiger partial charge in [-0.15, -0.1) is 6.58 Å². The van der Waals surface area contributed by atoms with Crippen molar-refractivity contribution < 1.29 is 9.53 Å². The number of carbonyl (C=O) groups is 1. The number of rotatable bonds is 5. The van der Waals surface area contributed by atoms with Crippen molar-refractivity contribution in [2.75, 3.05) is 39.9 Å². The number of methoxy groups -OCH3 is 1. The van der Waals surface area contributed by atoms with E-state index >= 15 is 0 Å². The third-order valence-corrected chi connectivity index (χ3v) is 3.06. The van der Waals surface area contributed by atoms with E-state index in [1.807, 2.05) is 9.80 Å². The second-order valence-corrected chi connectivity index (χ2v) is 4.41. The standard InChI is InChI=1S/C13H24N2O2/c1-3-8-14(11-12-17-2)13(16)15-9-6-4-5-7-10-15/h3H,1,4-12H2,2H3. The van der Waals surface area contributed by atoms with Crippen LogP contribution in [0.15, 0.2) is 12.7 Å². The van der Waals surface area contributed by atoms with Crippen molar-refractivity contribution in [2.24, 2.45) is 0 Å². The third-order valence-electron chi connectivity index (χ3n) is 3.06. The maximum absolute atomic E-state index is 12.3. The van der Waals surface area contributed by atoms with Crippen molar-refractivity contribution in [2.45, 2.75) is 25.7 Å². The van der Waals surface area contributed by atoms with Crippen LogP contribution in [-0.4, -0.2) is 55.7 Å². The Morgan fingerprint density at radius 2 is 2.00 bits per heavy atom. The van der Waals surface area contributed by atoms with Gasteiger partial charge in [0.15, 0.2) is 0 Å². The molecule has 1 aliphatic rings. The maximum atomic E-state index is 12.3. The van der Waals surface area contributed by atoms with Crippen LogP contribution in [0.5, 0.6) is 0 Å². The fraction of sp³-hybridized carbons (Fsp3) is 0.769. The maximum Gasteiger partial charge on any atom is 0.320 e. The molecule has 0 bridgehead atoms. The molecule has 4 heteroatoms. The van der Waals surface area contributed by atoms with Crippen LogP contribution in [0.2, 0.25) is 0 Å². The second kappa shape index (κ2) is 8.12. The van der Waals surface area contributed by atoms with Crippen molar-refractivity contribution in [1.82, 2.24) is 9.80 Å². The molecule has 2 amide bonds. The summed E-state index contributed by atoms with van der Waals surface area (Å²) in [5, 5.41) is 0. The Bertz CT molecular complexity index is 236. The highest BCUT2D eigenvalue weighted by atomic mass is 16.5. The first-order valence-corrected chi connectivity index (χ1v) is 6.43. The Balaban J connectivity index is 2.51. The summed E-state index contributed by atoms with van der Waals surface area (Å²) in [6.45, 7) is 7.29. The minimum atomic E-state index is 0.129. The highest BCUT2D eigenvalue weighted by Gasteiger charge is 2.20. The van der Waals surface area contributed by atoms with Crippen molar-refractivity contribution >= 4 is 6.03 Å². The summed E-state index contributed by atoms with van der Waals surface area (Å²) in [5.74, 6) is 0. The highest BCUT2D eigenvalue weighted by molar-refractivity contribution is 5.74. The molecule has 17 heavy (non-hydrogen) atoms. The van der Waals surface area contributed by atoms with Crippen molar-refractivity contribution in [3.05, 3.63) is 12.7 Å². The van der Waals surface area contributed by atoms with Crippen LogP contribution >= 0.6 is 0 Å². The average molecular weight is 240 g/mol. The summed E-state index contributed by atoms with van der Waals surface area (Å²) in [7, 11) is 1.66. The summed E-state index contributed by atoms with van der Waals surface area (Å²) in [5.41, 5.74) is 0. The first kappa shape index (κ1) is 14.0. The molecule has 1 heterocycles. The quantitative estimate of drug-likeness (QED) is 0.690. The van der Waals surface area contributed by atoms with Crippen LogP contribution in [0.25, 0.3) is 0 Å². The number of amides is 2. The van der Waals surface area contributed by atoms with Gasteiger partial charge < -0.3 is 14.5 Å². The lowest BCUT2D eigenvalue weighted by Crippen LogP contribution is -2.45. The molecule has 0 saturated carbocycles. The van der Waals surface area contributed by atoms with E-state index in [1.54, 1.807) is 13.2 Å².